The summed E-state index contributed by atoms with van der Waals surface area (Å²) < 4.78 is 0. The Morgan fingerprint density at radius 2 is 1.83 bits per heavy atom. The summed E-state index contributed by atoms with van der Waals surface area (Å²) in [5.74, 6) is -0.527. The van der Waals surface area contributed by atoms with Crippen LogP contribution in [0.15, 0.2) is 30.3 Å². The van der Waals surface area contributed by atoms with Crippen molar-refractivity contribution in [3.05, 3.63) is 35.9 Å². The van der Waals surface area contributed by atoms with Crippen LogP contribution in [0.1, 0.15) is 31.2 Å². The maximum atomic E-state index is 12.3. The Balaban J connectivity index is 2.00. The Kier molecular flexibility index (Phi) is 6.61. The maximum absolute atomic E-state index is 12.3. The molecule has 1 aliphatic rings. The van der Waals surface area contributed by atoms with Crippen molar-refractivity contribution < 1.29 is 19.6 Å². The average Bonchev–Trinajstić information content (AvgIpc) is 3.07. The predicted octanol–water partition coefficient (Wildman–Crippen LogP) is 0.0323. The Bertz CT molecular complexity index is 518. The Morgan fingerprint density at radius 1 is 1.17 bits per heavy atom. The molecule has 0 spiro atoms. The monoisotopic (exact) mass is 318 g/mol. The molecule has 1 aliphatic carbocycles. The van der Waals surface area contributed by atoms with Crippen LogP contribution in [0, 0.1) is 5.92 Å². The van der Waals surface area contributed by atoms with Crippen molar-refractivity contribution in [1.29, 1.82) is 0 Å². The fourth-order valence-corrected chi connectivity index (χ4v) is 2.85. The minimum absolute atomic E-state index is 0.0236. The molecule has 2 amide bonds. The normalized spacial score (nSPS) is 15.9. The maximum Gasteiger partial charge on any atom is 0.472 e. The molecular formula is C16H23BN2O4. The molecule has 0 bridgehead atoms. The van der Waals surface area contributed by atoms with Crippen LogP contribution in [0.2, 0.25) is 0 Å². The first-order valence-corrected chi connectivity index (χ1v) is 8.04. The third-order valence-electron chi connectivity index (χ3n) is 4.10. The van der Waals surface area contributed by atoms with Gasteiger partial charge in [-0.15, -0.1) is 0 Å². The van der Waals surface area contributed by atoms with Crippen molar-refractivity contribution in [2.24, 2.45) is 5.92 Å². The van der Waals surface area contributed by atoms with Gasteiger partial charge in [0.1, 0.15) is 6.04 Å². The van der Waals surface area contributed by atoms with Crippen molar-refractivity contribution in [3.8, 4) is 0 Å². The van der Waals surface area contributed by atoms with Crippen molar-refractivity contribution in [3.63, 3.8) is 0 Å². The summed E-state index contributed by atoms with van der Waals surface area (Å²) in [6.07, 6.45) is 3.92. The molecule has 124 valence electrons. The van der Waals surface area contributed by atoms with Crippen molar-refractivity contribution in [2.75, 3.05) is 6.44 Å². The largest absolute Gasteiger partial charge is 0.472 e. The smallest absolute Gasteiger partial charge is 0.426 e. The molecule has 0 saturated heterocycles. The quantitative estimate of drug-likeness (QED) is 0.533. The first kappa shape index (κ1) is 17.5. The van der Waals surface area contributed by atoms with E-state index in [0.717, 1.165) is 31.2 Å². The fraction of sp³-hybridized carbons (Fsp3) is 0.500. The Hall–Kier alpha value is -1.86. The highest BCUT2D eigenvalue weighted by Crippen LogP contribution is 2.24. The standard InChI is InChI=1S/C16H23BN2O4/c20-15(13-8-4-5-9-13)19-14(16(21)18-11-17(22)23)10-12-6-2-1-3-7-12/h1-3,6-7,13-14,22-23H,4-5,8-11H2,(H,18,21)(H,19,20). The van der Waals surface area contributed by atoms with Crippen LogP contribution in [-0.2, 0) is 16.0 Å². The van der Waals surface area contributed by atoms with Crippen LogP contribution in [0.4, 0.5) is 0 Å². The van der Waals surface area contributed by atoms with Gasteiger partial charge in [-0.3, -0.25) is 9.59 Å². The lowest BCUT2D eigenvalue weighted by molar-refractivity contribution is -0.130. The molecule has 1 atom stereocenters. The van der Waals surface area contributed by atoms with E-state index in [-0.39, 0.29) is 18.3 Å². The SMILES string of the molecule is O=C(NC(Cc1ccccc1)C(=O)NCB(O)O)C1CCCC1. The van der Waals surface area contributed by atoms with Crippen LogP contribution >= 0.6 is 0 Å². The highest BCUT2D eigenvalue weighted by Gasteiger charge is 2.28. The third kappa shape index (κ3) is 5.69. The van der Waals surface area contributed by atoms with Gasteiger partial charge in [-0.1, -0.05) is 43.2 Å². The predicted molar refractivity (Wildman–Crippen MR) is 87.2 cm³/mol. The molecule has 0 radical (unpaired) electrons. The van der Waals surface area contributed by atoms with Crippen LogP contribution in [0.25, 0.3) is 0 Å². The molecule has 1 aromatic carbocycles. The second-order valence-corrected chi connectivity index (χ2v) is 5.96. The first-order chi connectivity index (χ1) is 11.1. The third-order valence-corrected chi connectivity index (χ3v) is 4.10. The van der Waals surface area contributed by atoms with Gasteiger partial charge in [-0.2, -0.15) is 0 Å². The summed E-state index contributed by atoms with van der Waals surface area (Å²) in [6, 6.07) is 8.70. The van der Waals surface area contributed by atoms with Gasteiger partial charge < -0.3 is 20.7 Å². The van der Waals surface area contributed by atoms with Crippen LogP contribution in [-0.4, -0.2) is 41.5 Å². The van der Waals surface area contributed by atoms with E-state index < -0.39 is 19.1 Å². The molecule has 7 heteroatoms. The van der Waals surface area contributed by atoms with E-state index in [1.165, 1.54) is 0 Å². The number of rotatable bonds is 7. The number of hydrogen-bond donors (Lipinski definition) is 4. The number of nitrogens with one attached hydrogen (secondary N) is 2. The minimum Gasteiger partial charge on any atom is -0.426 e. The Labute approximate surface area is 136 Å². The molecule has 1 saturated carbocycles. The summed E-state index contributed by atoms with van der Waals surface area (Å²) in [5.41, 5.74) is 0.934. The molecule has 1 aromatic rings. The molecule has 0 aliphatic heterocycles. The molecule has 0 aromatic heterocycles. The van der Waals surface area contributed by atoms with Gasteiger partial charge in [-0.05, 0) is 18.4 Å². The van der Waals surface area contributed by atoms with E-state index in [4.69, 9.17) is 10.0 Å². The number of hydrogen-bond acceptors (Lipinski definition) is 4. The van der Waals surface area contributed by atoms with E-state index in [2.05, 4.69) is 10.6 Å². The number of benzene rings is 1. The number of amides is 2. The fourth-order valence-electron chi connectivity index (χ4n) is 2.85. The Morgan fingerprint density at radius 3 is 2.43 bits per heavy atom. The topological polar surface area (TPSA) is 98.7 Å². The van der Waals surface area contributed by atoms with E-state index in [0.29, 0.717) is 6.42 Å². The van der Waals surface area contributed by atoms with E-state index in [9.17, 15) is 9.59 Å². The summed E-state index contributed by atoms with van der Waals surface area (Å²) in [5, 5.41) is 23.0. The van der Waals surface area contributed by atoms with Gasteiger partial charge in [-0.25, -0.2) is 0 Å². The average molecular weight is 318 g/mol. The van der Waals surface area contributed by atoms with Gasteiger partial charge in [0.15, 0.2) is 0 Å². The van der Waals surface area contributed by atoms with Crippen LogP contribution < -0.4 is 10.6 Å². The zero-order valence-electron chi connectivity index (χ0n) is 13.1. The highest BCUT2D eigenvalue weighted by atomic mass is 16.4. The van der Waals surface area contributed by atoms with Crippen molar-refractivity contribution in [1.82, 2.24) is 10.6 Å². The summed E-state index contributed by atoms with van der Waals surface area (Å²) >= 11 is 0. The van der Waals surface area contributed by atoms with Gasteiger partial charge in [0.2, 0.25) is 11.8 Å². The van der Waals surface area contributed by atoms with Crippen molar-refractivity contribution >= 4 is 18.9 Å². The molecule has 23 heavy (non-hydrogen) atoms. The zero-order valence-corrected chi connectivity index (χ0v) is 13.1. The minimum atomic E-state index is -1.61. The molecule has 6 nitrogen and oxygen atoms in total. The van der Waals surface area contributed by atoms with E-state index in [1.54, 1.807) is 0 Å². The lowest BCUT2D eigenvalue weighted by atomic mass is 9.92. The lowest BCUT2D eigenvalue weighted by Crippen LogP contribution is -2.51. The van der Waals surface area contributed by atoms with Gasteiger partial charge in [0.05, 0.1) is 6.44 Å². The first-order valence-electron chi connectivity index (χ1n) is 8.04. The second kappa shape index (κ2) is 8.69. The van der Waals surface area contributed by atoms with Gasteiger partial charge >= 0.3 is 7.12 Å². The second-order valence-electron chi connectivity index (χ2n) is 5.96. The summed E-state index contributed by atoms with van der Waals surface area (Å²) in [7, 11) is -1.61. The van der Waals surface area contributed by atoms with E-state index in [1.807, 2.05) is 30.3 Å². The molecular weight excluding hydrogens is 295 g/mol. The van der Waals surface area contributed by atoms with Gasteiger partial charge in [0, 0.05) is 12.3 Å². The lowest BCUT2D eigenvalue weighted by Gasteiger charge is -2.20. The number of carbonyl (C=O) groups is 2. The van der Waals surface area contributed by atoms with E-state index >= 15 is 0 Å². The summed E-state index contributed by atoms with van der Waals surface area (Å²) in [6.45, 7) is 0. The molecule has 4 N–H and O–H groups in total. The highest BCUT2D eigenvalue weighted by molar-refractivity contribution is 6.41. The van der Waals surface area contributed by atoms with Crippen LogP contribution in [0.5, 0.6) is 0 Å². The molecule has 1 unspecified atom stereocenters. The molecule has 0 heterocycles. The number of carbonyl (C=O) groups excluding carboxylic acids is 2. The van der Waals surface area contributed by atoms with Crippen molar-refractivity contribution in [2.45, 2.75) is 38.1 Å². The summed E-state index contributed by atoms with van der Waals surface area (Å²) in [4.78, 5) is 24.6. The van der Waals surface area contributed by atoms with Gasteiger partial charge in [0.25, 0.3) is 0 Å². The zero-order chi connectivity index (χ0) is 16.7. The molecule has 1 fully saturated rings. The molecule has 2 rings (SSSR count). The van der Waals surface area contributed by atoms with Crippen LogP contribution in [0.3, 0.4) is 0 Å².